The fourth-order valence-corrected chi connectivity index (χ4v) is 2.56. The summed E-state index contributed by atoms with van der Waals surface area (Å²) >= 11 is 0. The summed E-state index contributed by atoms with van der Waals surface area (Å²) in [5.41, 5.74) is 2.86. The molecule has 3 rings (SSSR count). The van der Waals surface area contributed by atoms with Crippen molar-refractivity contribution in [3.8, 4) is 17.0 Å². The van der Waals surface area contributed by atoms with Crippen molar-refractivity contribution in [2.75, 3.05) is 44.9 Å². The third-order valence-corrected chi connectivity index (χ3v) is 4.00. The first kappa shape index (κ1) is 18.7. The van der Waals surface area contributed by atoms with Gasteiger partial charge in [-0.15, -0.1) is 0 Å². The van der Waals surface area contributed by atoms with Crippen LogP contribution in [0.2, 0.25) is 0 Å². The van der Waals surface area contributed by atoms with E-state index in [2.05, 4.69) is 25.5 Å². The summed E-state index contributed by atoms with van der Waals surface area (Å²) in [5.74, 6) is 2.16. The number of rotatable bonds is 8. The lowest BCUT2D eigenvalue weighted by Gasteiger charge is -2.13. The van der Waals surface area contributed by atoms with E-state index in [0.717, 1.165) is 41.6 Å². The summed E-state index contributed by atoms with van der Waals surface area (Å²) in [6.45, 7) is 1.67. The van der Waals surface area contributed by atoms with Crippen LogP contribution in [0.25, 0.3) is 11.3 Å². The van der Waals surface area contributed by atoms with Crippen LogP contribution in [0.3, 0.4) is 0 Å². The molecule has 0 aliphatic rings. The molecule has 1 aromatic heterocycles. The highest BCUT2D eigenvalue weighted by atomic mass is 16.5. The molecule has 1 heterocycles. The van der Waals surface area contributed by atoms with Crippen molar-refractivity contribution in [1.29, 1.82) is 0 Å². The number of anilines is 3. The summed E-state index contributed by atoms with van der Waals surface area (Å²) in [5, 5.41) is 6.65. The molecular formula is C21H25N5O. The minimum atomic E-state index is 0.606. The van der Waals surface area contributed by atoms with Crippen LogP contribution in [0.1, 0.15) is 0 Å². The first-order valence-corrected chi connectivity index (χ1v) is 8.88. The molecule has 27 heavy (non-hydrogen) atoms. The quantitative estimate of drug-likeness (QED) is 0.633. The van der Waals surface area contributed by atoms with Crippen molar-refractivity contribution in [3.63, 3.8) is 0 Å². The minimum absolute atomic E-state index is 0.606. The zero-order chi connectivity index (χ0) is 19.1. The van der Waals surface area contributed by atoms with E-state index in [1.54, 1.807) is 7.11 Å². The van der Waals surface area contributed by atoms with Gasteiger partial charge in [0, 0.05) is 30.4 Å². The van der Waals surface area contributed by atoms with E-state index in [9.17, 15) is 0 Å². The SMILES string of the molecule is COc1ccc(Nc2cc(-c3ccccc3)nc(NCCN(C)C)n2)cc1. The molecule has 0 aliphatic heterocycles. The molecule has 0 atom stereocenters. The number of benzene rings is 2. The maximum absolute atomic E-state index is 5.21. The smallest absolute Gasteiger partial charge is 0.225 e. The minimum Gasteiger partial charge on any atom is -0.497 e. The van der Waals surface area contributed by atoms with Crippen LogP contribution >= 0.6 is 0 Å². The lowest BCUT2D eigenvalue weighted by Crippen LogP contribution is -2.21. The Balaban J connectivity index is 1.86. The van der Waals surface area contributed by atoms with Crippen LogP contribution in [0, 0.1) is 0 Å². The van der Waals surface area contributed by atoms with Gasteiger partial charge < -0.3 is 20.3 Å². The first-order valence-electron chi connectivity index (χ1n) is 8.88. The topological polar surface area (TPSA) is 62.3 Å². The molecule has 0 saturated heterocycles. The molecule has 0 saturated carbocycles. The van der Waals surface area contributed by atoms with Gasteiger partial charge in [0.25, 0.3) is 0 Å². The maximum atomic E-state index is 5.21. The average molecular weight is 363 g/mol. The van der Waals surface area contributed by atoms with Gasteiger partial charge in [0.1, 0.15) is 11.6 Å². The van der Waals surface area contributed by atoms with Crippen LogP contribution in [0.4, 0.5) is 17.5 Å². The lowest BCUT2D eigenvalue weighted by molar-refractivity contribution is 0.415. The molecule has 0 unspecified atom stereocenters. The Hall–Kier alpha value is -3.12. The number of likely N-dealkylation sites (N-methyl/N-ethyl adjacent to an activating group) is 1. The van der Waals surface area contributed by atoms with E-state index >= 15 is 0 Å². The number of nitrogens with zero attached hydrogens (tertiary/aromatic N) is 3. The second-order valence-electron chi connectivity index (χ2n) is 6.41. The summed E-state index contributed by atoms with van der Waals surface area (Å²) in [6.07, 6.45) is 0. The van der Waals surface area contributed by atoms with Gasteiger partial charge in [-0.1, -0.05) is 30.3 Å². The Kier molecular flexibility index (Phi) is 6.22. The Bertz CT molecular complexity index is 850. The molecule has 6 nitrogen and oxygen atoms in total. The van der Waals surface area contributed by atoms with Crippen LogP contribution in [-0.4, -0.2) is 49.2 Å². The van der Waals surface area contributed by atoms with Gasteiger partial charge in [-0.3, -0.25) is 0 Å². The summed E-state index contributed by atoms with van der Waals surface area (Å²) in [6, 6.07) is 19.8. The van der Waals surface area contributed by atoms with Crippen molar-refractivity contribution in [3.05, 3.63) is 60.7 Å². The molecule has 0 bridgehead atoms. The molecule has 2 N–H and O–H groups in total. The van der Waals surface area contributed by atoms with Crippen molar-refractivity contribution >= 4 is 17.5 Å². The molecular weight excluding hydrogens is 338 g/mol. The van der Waals surface area contributed by atoms with Gasteiger partial charge >= 0.3 is 0 Å². The van der Waals surface area contributed by atoms with Gasteiger partial charge in [0.05, 0.1) is 12.8 Å². The van der Waals surface area contributed by atoms with Crippen molar-refractivity contribution in [2.45, 2.75) is 0 Å². The van der Waals surface area contributed by atoms with Crippen molar-refractivity contribution in [1.82, 2.24) is 14.9 Å². The number of nitrogens with one attached hydrogen (secondary N) is 2. The zero-order valence-corrected chi connectivity index (χ0v) is 15.9. The zero-order valence-electron chi connectivity index (χ0n) is 15.9. The van der Waals surface area contributed by atoms with E-state index in [-0.39, 0.29) is 0 Å². The van der Waals surface area contributed by atoms with Crippen LogP contribution in [0.5, 0.6) is 5.75 Å². The van der Waals surface area contributed by atoms with Gasteiger partial charge in [0.2, 0.25) is 5.95 Å². The number of hydrogen-bond acceptors (Lipinski definition) is 6. The Morgan fingerprint density at radius 3 is 2.37 bits per heavy atom. The second kappa shape index (κ2) is 9.00. The third kappa shape index (κ3) is 5.43. The Morgan fingerprint density at radius 2 is 1.70 bits per heavy atom. The van der Waals surface area contributed by atoms with E-state index in [1.807, 2.05) is 74.8 Å². The molecule has 0 fully saturated rings. The van der Waals surface area contributed by atoms with Crippen LogP contribution < -0.4 is 15.4 Å². The highest BCUT2D eigenvalue weighted by Crippen LogP contribution is 2.24. The number of aromatic nitrogens is 2. The highest BCUT2D eigenvalue weighted by Gasteiger charge is 2.07. The summed E-state index contributed by atoms with van der Waals surface area (Å²) in [7, 11) is 5.74. The van der Waals surface area contributed by atoms with E-state index in [0.29, 0.717) is 5.95 Å². The molecule has 0 aliphatic carbocycles. The fraction of sp³-hybridized carbons (Fsp3) is 0.238. The molecule has 0 amide bonds. The predicted molar refractivity (Wildman–Crippen MR) is 111 cm³/mol. The Morgan fingerprint density at radius 1 is 0.963 bits per heavy atom. The highest BCUT2D eigenvalue weighted by molar-refractivity contribution is 5.67. The molecule has 0 radical (unpaired) electrons. The van der Waals surface area contributed by atoms with E-state index in [1.165, 1.54) is 0 Å². The van der Waals surface area contributed by atoms with Gasteiger partial charge in [-0.05, 0) is 38.4 Å². The van der Waals surface area contributed by atoms with Crippen LogP contribution in [-0.2, 0) is 0 Å². The number of hydrogen-bond donors (Lipinski definition) is 2. The number of ether oxygens (including phenoxy) is 1. The Labute approximate surface area is 160 Å². The standard InChI is InChI=1S/C21H25N5O/c1-26(2)14-13-22-21-24-19(16-7-5-4-6-8-16)15-20(25-21)23-17-9-11-18(27-3)12-10-17/h4-12,15H,13-14H2,1-3H3,(H2,22,23,24,25). The van der Waals surface area contributed by atoms with Gasteiger partial charge in [-0.2, -0.15) is 4.98 Å². The van der Waals surface area contributed by atoms with Crippen molar-refractivity contribution in [2.24, 2.45) is 0 Å². The van der Waals surface area contributed by atoms with E-state index < -0.39 is 0 Å². The maximum Gasteiger partial charge on any atom is 0.225 e. The first-order chi connectivity index (χ1) is 13.1. The number of methoxy groups -OCH3 is 1. The van der Waals surface area contributed by atoms with Crippen LogP contribution in [0.15, 0.2) is 60.7 Å². The van der Waals surface area contributed by atoms with Crippen molar-refractivity contribution < 1.29 is 4.74 Å². The van der Waals surface area contributed by atoms with E-state index in [4.69, 9.17) is 4.74 Å². The third-order valence-electron chi connectivity index (χ3n) is 4.00. The van der Waals surface area contributed by atoms with Gasteiger partial charge in [0.15, 0.2) is 0 Å². The summed E-state index contributed by atoms with van der Waals surface area (Å²) < 4.78 is 5.21. The lowest BCUT2D eigenvalue weighted by atomic mass is 10.1. The monoisotopic (exact) mass is 363 g/mol. The molecule has 140 valence electrons. The largest absolute Gasteiger partial charge is 0.497 e. The molecule has 0 spiro atoms. The average Bonchev–Trinajstić information content (AvgIpc) is 2.69. The van der Waals surface area contributed by atoms with Gasteiger partial charge in [-0.25, -0.2) is 4.98 Å². The molecule has 3 aromatic rings. The molecule has 6 heteroatoms. The fourth-order valence-electron chi connectivity index (χ4n) is 2.56. The second-order valence-corrected chi connectivity index (χ2v) is 6.41. The normalized spacial score (nSPS) is 10.7. The summed E-state index contributed by atoms with van der Waals surface area (Å²) in [4.78, 5) is 11.4. The predicted octanol–water partition coefficient (Wildman–Crippen LogP) is 3.87. The molecule has 2 aromatic carbocycles.